The first-order chi connectivity index (χ1) is 31.5. The third kappa shape index (κ3) is 5.39. The maximum atomic E-state index is 6.87. The molecule has 8 aromatic carbocycles. The van der Waals surface area contributed by atoms with E-state index in [0.29, 0.717) is 0 Å². The first-order valence-corrected chi connectivity index (χ1v) is 23.7. The smallest absolute Gasteiger partial charge is 0.197 e. The van der Waals surface area contributed by atoms with Gasteiger partial charge >= 0.3 is 0 Å². The molecular formula is C62H54BN2O. The highest BCUT2D eigenvalue weighted by Crippen LogP contribution is 2.53. The Morgan fingerprint density at radius 2 is 1.09 bits per heavy atom. The molecule has 2 aromatic heterocycles. The standard InChI is InChI=1S/C62H54BN2O/c1-59(2,3)34-19-22-36(23-20-34)64-52-29-46-39-24-21-35(60(4,5)6)27-55(39)66-56(46)32-44(52)40-25-26-41-45-28-49-42(37-15-11-13-17-47(37)61(49,7)8)30-53(45)65-54-31-43-38-16-12-14-18-48(38)62(9,10)50(43)33-51(54)63-57(40)58(41)65/h11-33,64H,1-10H3. The minimum Gasteiger partial charge on any atom is -0.456 e. The number of anilines is 2. The molecule has 13 rings (SSSR count). The van der Waals surface area contributed by atoms with Gasteiger partial charge in [0.05, 0.1) is 5.52 Å². The summed E-state index contributed by atoms with van der Waals surface area (Å²) in [5, 5.41) is 8.75. The van der Waals surface area contributed by atoms with Gasteiger partial charge in [-0.3, -0.25) is 0 Å². The van der Waals surface area contributed by atoms with Crippen LogP contribution in [-0.2, 0) is 21.7 Å². The van der Waals surface area contributed by atoms with Gasteiger partial charge in [0.1, 0.15) is 11.2 Å². The molecule has 3 heterocycles. The molecule has 66 heavy (non-hydrogen) atoms. The van der Waals surface area contributed by atoms with Crippen LogP contribution >= 0.6 is 0 Å². The van der Waals surface area contributed by atoms with E-state index in [1.165, 1.54) is 99.6 Å². The largest absolute Gasteiger partial charge is 0.456 e. The lowest BCUT2D eigenvalue weighted by Gasteiger charge is -2.27. The highest BCUT2D eigenvalue weighted by Gasteiger charge is 2.40. The molecule has 0 saturated heterocycles. The van der Waals surface area contributed by atoms with Crippen LogP contribution in [-0.4, -0.2) is 11.8 Å². The van der Waals surface area contributed by atoms with Crippen molar-refractivity contribution in [3.05, 3.63) is 173 Å². The summed E-state index contributed by atoms with van der Waals surface area (Å²) in [6.07, 6.45) is 0. The van der Waals surface area contributed by atoms with Gasteiger partial charge in [0.25, 0.3) is 0 Å². The fraction of sp³-hybridized carbons (Fsp3) is 0.226. The zero-order chi connectivity index (χ0) is 45.4. The molecule has 10 aromatic rings. The topological polar surface area (TPSA) is 30.1 Å². The number of fused-ring (bicyclic) bond motifs is 14. The Balaban J connectivity index is 1.10. The van der Waals surface area contributed by atoms with E-state index < -0.39 is 0 Å². The van der Waals surface area contributed by atoms with Crippen LogP contribution in [0.4, 0.5) is 11.4 Å². The van der Waals surface area contributed by atoms with Crippen molar-refractivity contribution < 1.29 is 4.42 Å². The fourth-order valence-electron chi connectivity index (χ4n) is 12.0. The van der Waals surface area contributed by atoms with Crippen molar-refractivity contribution in [1.82, 2.24) is 4.57 Å². The summed E-state index contributed by atoms with van der Waals surface area (Å²) < 4.78 is 9.47. The van der Waals surface area contributed by atoms with Gasteiger partial charge in [-0.05, 0) is 126 Å². The normalized spacial score (nSPS) is 15.2. The molecule has 2 aliphatic carbocycles. The Bertz CT molecular complexity index is 3770. The molecule has 1 radical (unpaired) electrons. The lowest BCUT2D eigenvalue weighted by atomic mass is 9.58. The van der Waals surface area contributed by atoms with E-state index >= 15 is 0 Å². The van der Waals surface area contributed by atoms with Crippen molar-refractivity contribution in [2.24, 2.45) is 0 Å². The summed E-state index contributed by atoms with van der Waals surface area (Å²) in [5.41, 5.74) is 25.7. The van der Waals surface area contributed by atoms with Crippen LogP contribution < -0.4 is 16.2 Å². The molecule has 3 aliphatic rings. The molecule has 0 unspecified atom stereocenters. The van der Waals surface area contributed by atoms with E-state index in [0.717, 1.165) is 38.9 Å². The molecule has 1 aliphatic heterocycles. The van der Waals surface area contributed by atoms with Gasteiger partial charge in [-0.15, -0.1) is 0 Å². The third-order valence-electron chi connectivity index (χ3n) is 15.7. The van der Waals surface area contributed by atoms with Crippen molar-refractivity contribution in [1.29, 1.82) is 0 Å². The van der Waals surface area contributed by atoms with Crippen molar-refractivity contribution in [3.63, 3.8) is 0 Å². The van der Waals surface area contributed by atoms with E-state index in [2.05, 4.69) is 226 Å². The quantitative estimate of drug-likeness (QED) is 0.180. The monoisotopic (exact) mass is 853 g/mol. The number of aromatic nitrogens is 1. The van der Waals surface area contributed by atoms with E-state index in [4.69, 9.17) is 4.42 Å². The van der Waals surface area contributed by atoms with Gasteiger partial charge in [-0.25, -0.2) is 0 Å². The Kier molecular flexibility index (Phi) is 7.78. The summed E-state index contributed by atoms with van der Waals surface area (Å²) in [5.74, 6) is 0. The lowest BCUT2D eigenvalue weighted by molar-refractivity contribution is 0.587. The average molecular weight is 854 g/mol. The number of furan rings is 1. The third-order valence-corrected chi connectivity index (χ3v) is 15.7. The number of nitrogens with one attached hydrogen (secondary N) is 1. The fourth-order valence-corrected chi connectivity index (χ4v) is 12.0. The number of benzene rings is 8. The van der Waals surface area contributed by atoms with Crippen LogP contribution in [0.25, 0.3) is 82.8 Å². The molecule has 0 spiro atoms. The summed E-state index contributed by atoms with van der Waals surface area (Å²) in [6.45, 7) is 23.2. The first-order valence-electron chi connectivity index (χ1n) is 23.7. The summed E-state index contributed by atoms with van der Waals surface area (Å²) >= 11 is 0. The van der Waals surface area contributed by atoms with E-state index in [-0.39, 0.29) is 21.7 Å². The number of hydrogen-bond acceptors (Lipinski definition) is 2. The molecule has 0 amide bonds. The van der Waals surface area contributed by atoms with Gasteiger partial charge in [-0.1, -0.05) is 166 Å². The molecule has 1 N–H and O–H groups in total. The molecule has 0 fully saturated rings. The Morgan fingerprint density at radius 1 is 0.485 bits per heavy atom. The van der Waals surface area contributed by atoms with Crippen LogP contribution in [0.1, 0.15) is 103 Å². The molecule has 4 heteroatoms. The van der Waals surface area contributed by atoms with Crippen molar-refractivity contribution in [2.75, 3.05) is 5.32 Å². The zero-order valence-corrected chi connectivity index (χ0v) is 39.7. The summed E-state index contributed by atoms with van der Waals surface area (Å²) in [7, 11) is 2.48. The second-order valence-corrected chi connectivity index (χ2v) is 22.5. The maximum absolute atomic E-state index is 6.87. The predicted octanol–water partition coefficient (Wildman–Crippen LogP) is 15.3. The zero-order valence-electron chi connectivity index (χ0n) is 39.7. The van der Waals surface area contributed by atoms with Crippen LogP contribution in [0.15, 0.2) is 144 Å². The molecule has 0 saturated carbocycles. The second kappa shape index (κ2) is 13.0. The molecule has 0 bridgehead atoms. The summed E-state index contributed by atoms with van der Waals surface area (Å²) in [6, 6.07) is 53.1. The van der Waals surface area contributed by atoms with E-state index in [1.807, 2.05) is 0 Å². The lowest BCUT2D eigenvalue weighted by Crippen LogP contribution is -2.38. The van der Waals surface area contributed by atoms with Gasteiger partial charge in [-0.2, -0.15) is 0 Å². The van der Waals surface area contributed by atoms with Gasteiger partial charge in [0, 0.05) is 60.5 Å². The Hall–Kier alpha value is -6.78. The van der Waals surface area contributed by atoms with Crippen molar-refractivity contribution in [2.45, 2.75) is 90.9 Å². The number of nitrogens with zero attached hydrogens (tertiary/aromatic N) is 1. The average Bonchev–Trinajstić information content (AvgIpc) is 3.95. The van der Waals surface area contributed by atoms with E-state index in [1.54, 1.807) is 0 Å². The Labute approximate surface area is 388 Å². The predicted molar refractivity (Wildman–Crippen MR) is 281 cm³/mol. The number of hydrogen-bond donors (Lipinski definition) is 1. The van der Waals surface area contributed by atoms with Crippen molar-refractivity contribution in [3.8, 4) is 39.1 Å². The molecule has 321 valence electrons. The van der Waals surface area contributed by atoms with Crippen molar-refractivity contribution >= 4 is 73.3 Å². The van der Waals surface area contributed by atoms with Gasteiger partial charge in [0.15, 0.2) is 7.28 Å². The van der Waals surface area contributed by atoms with Crippen LogP contribution in [0, 0.1) is 0 Å². The Morgan fingerprint density at radius 3 is 1.77 bits per heavy atom. The molecule has 0 atom stereocenters. The second-order valence-electron chi connectivity index (χ2n) is 22.5. The first kappa shape index (κ1) is 39.6. The van der Waals surface area contributed by atoms with Crippen LogP contribution in [0.2, 0.25) is 0 Å². The van der Waals surface area contributed by atoms with Crippen LogP contribution in [0.5, 0.6) is 0 Å². The van der Waals surface area contributed by atoms with E-state index in [9.17, 15) is 0 Å². The highest BCUT2D eigenvalue weighted by molar-refractivity contribution is 6.73. The van der Waals surface area contributed by atoms with Gasteiger partial charge < -0.3 is 14.3 Å². The maximum Gasteiger partial charge on any atom is 0.197 e. The number of rotatable bonds is 3. The van der Waals surface area contributed by atoms with Crippen LogP contribution in [0.3, 0.4) is 0 Å². The van der Waals surface area contributed by atoms with Gasteiger partial charge in [0.2, 0.25) is 0 Å². The minimum atomic E-state index is -0.127. The highest BCUT2D eigenvalue weighted by atomic mass is 16.3. The minimum absolute atomic E-state index is 0.00429. The summed E-state index contributed by atoms with van der Waals surface area (Å²) in [4.78, 5) is 0. The SMILES string of the molecule is CC(C)(C)c1ccc(Nc2cc3c(cc2-c2ccc4c5cc6c(cc5n5c4c2[B]c2cc4c(cc2-5)-c2ccccc2C4(C)C)-c2ccccc2C6(C)C)oc2cc(C(C)(C)C)ccc23)cc1. The molecular weight excluding hydrogens is 800 g/mol. The molecule has 3 nitrogen and oxygen atoms in total.